The van der Waals surface area contributed by atoms with Crippen LogP contribution in [0, 0.1) is 0 Å². The molecule has 0 unspecified atom stereocenters. The molecule has 0 aromatic heterocycles. The first-order valence-electron chi connectivity index (χ1n) is 4.48. The highest BCUT2D eigenvalue weighted by molar-refractivity contribution is 9.10. The molecule has 1 aliphatic carbocycles. The highest BCUT2D eigenvalue weighted by Crippen LogP contribution is 2.25. The summed E-state index contributed by atoms with van der Waals surface area (Å²) in [5, 5.41) is 0. The summed E-state index contributed by atoms with van der Waals surface area (Å²) in [5.41, 5.74) is 2.77. The molecule has 1 heteroatoms. The summed E-state index contributed by atoms with van der Waals surface area (Å²) in [7, 11) is 0. The normalized spacial score (nSPS) is 15.6. The Morgan fingerprint density at radius 3 is 2.85 bits per heavy atom. The van der Waals surface area contributed by atoms with Crippen molar-refractivity contribution in [3.63, 3.8) is 0 Å². The van der Waals surface area contributed by atoms with E-state index in [-0.39, 0.29) is 0 Å². The molecule has 0 aliphatic heterocycles. The fraction of sp³-hybridized carbons (Fsp3) is 0.167. The Kier molecular flexibility index (Phi) is 2.65. The molecule has 0 fully saturated rings. The maximum absolute atomic E-state index is 3.48. The lowest BCUT2D eigenvalue weighted by atomic mass is 9.98. The molecule has 0 N–H and O–H groups in total. The minimum atomic E-state index is 1.15. The summed E-state index contributed by atoms with van der Waals surface area (Å²) in [4.78, 5) is 0. The second-order valence-electron chi connectivity index (χ2n) is 3.17. The van der Waals surface area contributed by atoms with E-state index in [0.717, 1.165) is 10.9 Å². The van der Waals surface area contributed by atoms with Gasteiger partial charge in [-0.15, -0.1) is 0 Å². The average molecular weight is 235 g/mol. The van der Waals surface area contributed by atoms with E-state index >= 15 is 0 Å². The number of hydrogen-bond donors (Lipinski definition) is 0. The van der Waals surface area contributed by atoms with Crippen LogP contribution in [0.5, 0.6) is 0 Å². The predicted octanol–water partition coefficient (Wildman–Crippen LogP) is 4.18. The number of hydrogen-bond acceptors (Lipinski definition) is 0. The highest BCUT2D eigenvalue weighted by Gasteiger charge is 2.02. The second kappa shape index (κ2) is 3.93. The Balaban J connectivity index is 2.34. The van der Waals surface area contributed by atoms with Crippen LogP contribution >= 0.6 is 15.9 Å². The number of rotatable bonds is 1. The van der Waals surface area contributed by atoms with Crippen LogP contribution in [0.25, 0.3) is 5.57 Å². The van der Waals surface area contributed by atoms with Crippen molar-refractivity contribution in [2.24, 2.45) is 0 Å². The molecule has 0 amide bonds. The van der Waals surface area contributed by atoms with Crippen molar-refractivity contribution in [1.82, 2.24) is 0 Å². The molecule has 0 bridgehead atoms. The molecule has 0 radical (unpaired) electrons. The summed E-state index contributed by atoms with van der Waals surface area (Å²) in [6.45, 7) is 0. The fourth-order valence-corrected chi connectivity index (χ4v) is 1.93. The van der Waals surface area contributed by atoms with Gasteiger partial charge >= 0.3 is 0 Å². The van der Waals surface area contributed by atoms with Crippen LogP contribution in [0.1, 0.15) is 18.4 Å². The molecule has 0 saturated carbocycles. The van der Waals surface area contributed by atoms with Crippen molar-refractivity contribution in [3.8, 4) is 0 Å². The molecule has 0 nitrogen and oxygen atoms in total. The van der Waals surface area contributed by atoms with Gasteiger partial charge in [0.15, 0.2) is 0 Å². The minimum absolute atomic E-state index is 1.15. The van der Waals surface area contributed by atoms with Crippen LogP contribution in [-0.2, 0) is 0 Å². The van der Waals surface area contributed by atoms with Gasteiger partial charge in [-0.3, -0.25) is 0 Å². The van der Waals surface area contributed by atoms with E-state index in [1.807, 2.05) is 0 Å². The van der Waals surface area contributed by atoms with E-state index in [0.29, 0.717) is 0 Å². The monoisotopic (exact) mass is 234 g/mol. The Morgan fingerprint density at radius 1 is 1.23 bits per heavy atom. The van der Waals surface area contributed by atoms with E-state index in [1.165, 1.54) is 17.6 Å². The summed E-state index contributed by atoms with van der Waals surface area (Å²) >= 11 is 3.48. The third-order valence-corrected chi connectivity index (χ3v) is 2.70. The Morgan fingerprint density at radius 2 is 2.15 bits per heavy atom. The van der Waals surface area contributed by atoms with Crippen molar-refractivity contribution in [2.75, 3.05) is 0 Å². The zero-order valence-electron chi connectivity index (χ0n) is 7.33. The molecule has 1 aliphatic rings. The van der Waals surface area contributed by atoms with E-state index in [2.05, 4.69) is 58.4 Å². The van der Waals surface area contributed by atoms with Crippen LogP contribution in [-0.4, -0.2) is 0 Å². The zero-order valence-corrected chi connectivity index (χ0v) is 8.92. The van der Waals surface area contributed by atoms with E-state index in [4.69, 9.17) is 0 Å². The van der Waals surface area contributed by atoms with E-state index < -0.39 is 0 Å². The largest absolute Gasteiger partial charge is 0.0842 e. The summed E-state index contributed by atoms with van der Waals surface area (Å²) < 4.78 is 1.15. The molecular formula is C12H11Br. The van der Waals surface area contributed by atoms with E-state index in [9.17, 15) is 0 Å². The maximum atomic E-state index is 3.48. The smallest absolute Gasteiger partial charge is 0.0181 e. The topological polar surface area (TPSA) is 0 Å². The van der Waals surface area contributed by atoms with Crippen LogP contribution in [0.15, 0.2) is 47.0 Å². The Labute approximate surface area is 87.1 Å². The zero-order chi connectivity index (χ0) is 9.10. The van der Waals surface area contributed by atoms with Crippen molar-refractivity contribution in [1.29, 1.82) is 0 Å². The molecular weight excluding hydrogens is 224 g/mol. The second-order valence-corrected chi connectivity index (χ2v) is 4.08. The van der Waals surface area contributed by atoms with Gasteiger partial charge in [-0.25, -0.2) is 0 Å². The first-order chi connectivity index (χ1) is 6.36. The average Bonchev–Trinajstić information content (AvgIpc) is 2.19. The van der Waals surface area contributed by atoms with Crippen LogP contribution in [0.2, 0.25) is 0 Å². The molecule has 0 spiro atoms. The van der Waals surface area contributed by atoms with Crippen molar-refractivity contribution in [2.45, 2.75) is 12.8 Å². The van der Waals surface area contributed by atoms with Gasteiger partial charge < -0.3 is 0 Å². The van der Waals surface area contributed by atoms with Crippen LogP contribution < -0.4 is 0 Å². The number of allylic oxidation sites excluding steroid dienone is 4. The van der Waals surface area contributed by atoms with Crippen molar-refractivity contribution < 1.29 is 0 Å². The summed E-state index contributed by atoms with van der Waals surface area (Å²) in [5.74, 6) is 0. The van der Waals surface area contributed by atoms with Gasteiger partial charge in [0.05, 0.1) is 0 Å². The lowest BCUT2D eigenvalue weighted by Crippen LogP contribution is -1.87. The molecule has 1 aromatic carbocycles. The summed E-state index contributed by atoms with van der Waals surface area (Å²) in [6, 6.07) is 8.47. The third-order valence-electron chi connectivity index (χ3n) is 2.21. The molecule has 1 aromatic rings. The van der Waals surface area contributed by atoms with Crippen LogP contribution in [0.3, 0.4) is 0 Å². The molecule has 66 valence electrons. The van der Waals surface area contributed by atoms with Gasteiger partial charge in [-0.2, -0.15) is 0 Å². The first kappa shape index (κ1) is 8.76. The number of halogens is 1. The lowest BCUT2D eigenvalue weighted by molar-refractivity contribution is 1.05. The quantitative estimate of drug-likeness (QED) is 0.684. The van der Waals surface area contributed by atoms with Gasteiger partial charge in [-0.05, 0) is 36.1 Å². The Bertz CT molecular complexity index is 361. The third kappa shape index (κ3) is 2.10. The molecule has 2 rings (SSSR count). The highest BCUT2D eigenvalue weighted by atomic mass is 79.9. The van der Waals surface area contributed by atoms with Crippen molar-refractivity contribution in [3.05, 3.63) is 52.5 Å². The van der Waals surface area contributed by atoms with Gasteiger partial charge in [0.1, 0.15) is 0 Å². The molecule has 0 atom stereocenters. The van der Waals surface area contributed by atoms with Gasteiger partial charge in [0.25, 0.3) is 0 Å². The molecule has 0 saturated heterocycles. The van der Waals surface area contributed by atoms with Gasteiger partial charge in [-0.1, -0.05) is 46.3 Å². The van der Waals surface area contributed by atoms with Gasteiger partial charge in [0.2, 0.25) is 0 Å². The summed E-state index contributed by atoms with van der Waals surface area (Å²) in [6.07, 6.45) is 8.87. The first-order valence-corrected chi connectivity index (χ1v) is 5.27. The minimum Gasteiger partial charge on any atom is -0.0842 e. The molecule has 0 heterocycles. The standard InChI is InChI=1S/C12H11Br/c13-12-8-4-7-11(9-12)10-5-2-1-3-6-10/h1-2,4-5,7-9H,3,6H2. The molecule has 13 heavy (non-hydrogen) atoms. The predicted molar refractivity (Wildman–Crippen MR) is 60.5 cm³/mol. The number of benzene rings is 1. The van der Waals surface area contributed by atoms with Crippen molar-refractivity contribution >= 4 is 21.5 Å². The fourth-order valence-electron chi connectivity index (χ4n) is 1.53. The van der Waals surface area contributed by atoms with E-state index in [1.54, 1.807) is 0 Å². The lowest BCUT2D eigenvalue weighted by Gasteiger charge is -2.08. The van der Waals surface area contributed by atoms with Gasteiger partial charge in [0, 0.05) is 4.47 Å². The SMILES string of the molecule is Brc1cccc(C2=CC=CCC2)c1. The Hall–Kier alpha value is -0.820. The van der Waals surface area contributed by atoms with Crippen LogP contribution in [0.4, 0.5) is 0 Å². The maximum Gasteiger partial charge on any atom is 0.0181 e.